The number of ether oxygens (including phenoxy) is 1. The molecule has 142 valence electrons. The molecule has 0 aliphatic carbocycles. The SMILES string of the molecule is OC(Cc1ccc(-c2ccc(OCC(F)(F)F)cc2)cn1)Cn1cnnn1. The van der Waals surface area contributed by atoms with Crippen LogP contribution in [0.2, 0.25) is 0 Å². The monoisotopic (exact) mass is 379 g/mol. The van der Waals surface area contributed by atoms with Crippen LogP contribution in [0, 0.1) is 0 Å². The number of nitrogens with zero attached hydrogens (tertiary/aromatic N) is 5. The number of halogens is 3. The molecule has 1 unspecified atom stereocenters. The maximum atomic E-state index is 12.2. The minimum Gasteiger partial charge on any atom is -0.484 e. The number of aliphatic hydroxyl groups excluding tert-OH is 1. The molecular formula is C17H16F3N5O2. The van der Waals surface area contributed by atoms with Gasteiger partial charge in [-0.25, -0.2) is 4.68 Å². The maximum Gasteiger partial charge on any atom is 0.422 e. The molecule has 2 heterocycles. The molecule has 1 aromatic carbocycles. The van der Waals surface area contributed by atoms with Gasteiger partial charge in [0.25, 0.3) is 0 Å². The van der Waals surface area contributed by atoms with E-state index in [4.69, 9.17) is 0 Å². The summed E-state index contributed by atoms with van der Waals surface area (Å²) in [5.74, 6) is 0.145. The number of hydrogen-bond acceptors (Lipinski definition) is 6. The van der Waals surface area contributed by atoms with E-state index in [1.54, 1.807) is 24.4 Å². The number of aliphatic hydroxyl groups is 1. The first-order chi connectivity index (χ1) is 12.9. The molecule has 0 bridgehead atoms. The Balaban J connectivity index is 1.58. The van der Waals surface area contributed by atoms with Crippen LogP contribution >= 0.6 is 0 Å². The average Bonchev–Trinajstić information content (AvgIpc) is 3.13. The first kappa shape index (κ1) is 18.8. The molecule has 0 saturated carbocycles. The highest BCUT2D eigenvalue weighted by atomic mass is 19.4. The predicted molar refractivity (Wildman–Crippen MR) is 88.8 cm³/mol. The van der Waals surface area contributed by atoms with Crippen LogP contribution in [0.1, 0.15) is 5.69 Å². The molecule has 0 saturated heterocycles. The first-order valence-electron chi connectivity index (χ1n) is 8.03. The molecule has 27 heavy (non-hydrogen) atoms. The second kappa shape index (κ2) is 8.12. The number of tetrazole rings is 1. The molecule has 0 aliphatic heterocycles. The molecule has 0 amide bonds. The molecule has 0 fully saturated rings. The van der Waals surface area contributed by atoms with Gasteiger partial charge < -0.3 is 9.84 Å². The lowest BCUT2D eigenvalue weighted by atomic mass is 10.1. The van der Waals surface area contributed by atoms with E-state index in [-0.39, 0.29) is 12.3 Å². The Morgan fingerprint density at radius 1 is 1.07 bits per heavy atom. The van der Waals surface area contributed by atoms with Crippen molar-refractivity contribution < 1.29 is 23.0 Å². The van der Waals surface area contributed by atoms with Gasteiger partial charge in [0.15, 0.2) is 6.61 Å². The second-order valence-corrected chi connectivity index (χ2v) is 5.86. The van der Waals surface area contributed by atoms with E-state index in [2.05, 4.69) is 25.2 Å². The third-order valence-corrected chi connectivity index (χ3v) is 3.65. The third kappa shape index (κ3) is 5.74. The van der Waals surface area contributed by atoms with Crippen molar-refractivity contribution in [1.82, 2.24) is 25.2 Å². The highest BCUT2D eigenvalue weighted by Crippen LogP contribution is 2.24. The van der Waals surface area contributed by atoms with E-state index in [0.717, 1.165) is 11.1 Å². The van der Waals surface area contributed by atoms with Gasteiger partial charge in [-0.2, -0.15) is 13.2 Å². The molecule has 0 aliphatic rings. The minimum absolute atomic E-state index is 0.145. The van der Waals surface area contributed by atoms with Gasteiger partial charge in [-0.05, 0) is 34.2 Å². The van der Waals surface area contributed by atoms with Gasteiger partial charge >= 0.3 is 6.18 Å². The number of pyridine rings is 1. The third-order valence-electron chi connectivity index (χ3n) is 3.65. The molecule has 7 nitrogen and oxygen atoms in total. The summed E-state index contributed by atoms with van der Waals surface area (Å²) in [6.45, 7) is -1.06. The van der Waals surface area contributed by atoms with Crippen molar-refractivity contribution >= 4 is 0 Å². The Kier molecular flexibility index (Phi) is 5.65. The fourth-order valence-corrected chi connectivity index (χ4v) is 2.41. The number of hydrogen-bond donors (Lipinski definition) is 1. The van der Waals surface area contributed by atoms with Gasteiger partial charge in [-0.1, -0.05) is 18.2 Å². The first-order valence-corrected chi connectivity index (χ1v) is 8.03. The van der Waals surface area contributed by atoms with Gasteiger partial charge in [-0.3, -0.25) is 4.98 Å². The van der Waals surface area contributed by atoms with Crippen molar-refractivity contribution in [1.29, 1.82) is 0 Å². The molecule has 1 atom stereocenters. The van der Waals surface area contributed by atoms with Crippen LogP contribution in [0.5, 0.6) is 5.75 Å². The smallest absolute Gasteiger partial charge is 0.422 e. The van der Waals surface area contributed by atoms with E-state index in [1.807, 2.05) is 6.07 Å². The summed E-state index contributed by atoms with van der Waals surface area (Å²) >= 11 is 0. The lowest BCUT2D eigenvalue weighted by Crippen LogP contribution is -2.19. The summed E-state index contributed by atoms with van der Waals surface area (Å²) in [4.78, 5) is 4.31. The highest BCUT2D eigenvalue weighted by Gasteiger charge is 2.28. The number of rotatable bonds is 7. The van der Waals surface area contributed by atoms with Gasteiger partial charge in [0.05, 0.1) is 12.6 Å². The van der Waals surface area contributed by atoms with E-state index in [0.29, 0.717) is 12.1 Å². The molecule has 3 rings (SSSR count). The van der Waals surface area contributed by atoms with E-state index in [1.165, 1.54) is 23.1 Å². The minimum atomic E-state index is -4.37. The predicted octanol–water partition coefficient (Wildman–Crippen LogP) is 2.28. The van der Waals surface area contributed by atoms with Crippen molar-refractivity contribution in [2.45, 2.75) is 25.2 Å². The molecule has 0 radical (unpaired) electrons. The van der Waals surface area contributed by atoms with E-state index in [9.17, 15) is 18.3 Å². The second-order valence-electron chi connectivity index (χ2n) is 5.86. The normalized spacial score (nSPS) is 12.7. The highest BCUT2D eigenvalue weighted by molar-refractivity contribution is 5.63. The fourth-order valence-electron chi connectivity index (χ4n) is 2.41. The molecule has 0 spiro atoms. The quantitative estimate of drug-likeness (QED) is 0.678. The van der Waals surface area contributed by atoms with Gasteiger partial charge in [0.1, 0.15) is 12.1 Å². The Morgan fingerprint density at radius 2 is 1.81 bits per heavy atom. The largest absolute Gasteiger partial charge is 0.484 e. The van der Waals surface area contributed by atoms with Crippen molar-refractivity contribution in [2.75, 3.05) is 6.61 Å². The Labute approximate surface area is 152 Å². The van der Waals surface area contributed by atoms with Crippen LogP contribution < -0.4 is 4.74 Å². The van der Waals surface area contributed by atoms with Gasteiger partial charge in [-0.15, -0.1) is 5.10 Å². The van der Waals surface area contributed by atoms with Crippen LogP contribution in [0.15, 0.2) is 48.9 Å². The van der Waals surface area contributed by atoms with Crippen molar-refractivity contribution in [3.05, 3.63) is 54.6 Å². The number of aromatic nitrogens is 5. The summed E-state index contributed by atoms with van der Waals surface area (Å²) < 4.78 is 42.6. The lowest BCUT2D eigenvalue weighted by Gasteiger charge is -2.11. The van der Waals surface area contributed by atoms with Crippen LogP contribution in [0.3, 0.4) is 0 Å². The number of benzene rings is 1. The Bertz CT molecular complexity index is 837. The van der Waals surface area contributed by atoms with Crippen LogP contribution in [-0.2, 0) is 13.0 Å². The summed E-state index contributed by atoms with van der Waals surface area (Å²) in [6, 6.07) is 9.89. The van der Waals surface area contributed by atoms with Crippen molar-refractivity contribution in [3.63, 3.8) is 0 Å². The zero-order chi connectivity index (χ0) is 19.3. The van der Waals surface area contributed by atoms with Crippen LogP contribution in [0.25, 0.3) is 11.1 Å². The topological polar surface area (TPSA) is 86.0 Å². The van der Waals surface area contributed by atoms with Crippen molar-refractivity contribution in [3.8, 4) is 16.9 Å². The maximum absolute atomic E-state index is 12.2. The van der Waals surface area contributed by atoms with Gasteiger partial charge in [0, 0.05) is 23.9 Å². The molecule has 3 aromatic rings. The van der Waals surface area contributed by atoms with Crippen LogP contribution in [0.4, 0.5) is 13.2 Å². The summed E-state index contributed by atoms with van der Waals surface area (Å²) in [6.07, 6.45) is -1.65. The standard InChI is InChI=1S/C17H16F3N5O2/c18-17(19,20)10-27-16-5-2-12(3-6-16)13-1-4-14(21-8-13)7-15(26)9-25-11-22-23-24-25/h1-6,8,11,15,26H,7,9-10H2. The van der Waals surface area contributed by atoms with Crippen LogP contribution in [-0.4, -0.2) is 49.2 Å². The molecule has 2 aromatic heterocycles. The fraction of sp³-hybridized carbons (Fsp3) is 0.294. The molecule has 1 N–H and O–H groups in total. The zero-order valence-corrected chi connectivity index (χ0v) is 14.0. The summed E-state index contributed by atoms with van der Waals surface area (Å²) in [5.41, 5.74) is 2.29. The number of alkyl halides is 3. The molecule has 10 heteroatoms. The zero-order valence-electron chi connectivity index (χ0n) is 14.0. The Hall–Kier alpha value is -3.01. The Morgan fingerprint density at radius 3 is 2.41 bits per heavy atom. The summed E-state index contributed by atoms with van der Waals surface area (Å²) in [5, 5.41) is 20.7. The average molecular weight is 379 g/mol. The van der Waals surface area contributed by atoms with E-state index >= 15 is 0 Å². The van der Waals surface area contributed by atoms with Gasteiger partial charge in [0.2, 0.25) is 0 Å². The molecular weight excluding hydrogens is 363 g/mol. The summed E-state index contributed by atoms with van der Waals surface area (Å²) in [7, 11) is 0. The van der Waals surface area contributed by atoms with Crippen molar-refractivity contribution in [2.24, 2.45) is 0 Å². The van der Waals surface area contributed by atoms with E-state index < -0.39 is 18.9 Å². The lowest BCUT2D eigenvalue weighted by molar-refractivity contribution is -0.153.